The Balaban J connectivity index is 2.50. The molecule has 2 N–H and O–H groups in total. The molecule has 0 fully saturated rings. The number of nitrogens with zero attached hydrogens (tertiary/aromatic N) is 3. The van der Waals surface area contributed by atoms with Crippen molar-refractivity contribution in [2.75, 3.05) is 0 Å². The molecule has 4 nitrogen and oxygen atoms in total. The number of pyridine rings is 1. The highest BCUT2D eigenvalue weighted by atomic mass is 15.3. The molecule has 0 unspecified atom stereocenters. The van der Waals surface area contributed by atoms with Crippen LogP contribution in [0.5, 0.6) is 0 Å². The van der Waals surface area contributed by atoms with Crippen molar-refractivity contribution < 1.29 is 0 Å². The van der Waals surface area contributed by atoms with E-state index >= 15 is 0 Å². The second kappa shape index (κ2) is 3.59. The standard InChI is InChI=1S/C10H12N4/c1-8-6-13-14(7-8)10-3-2-4-12-9(10)5-11/h2-4,6-7H,5,11H2,1H3. The molecule has 2 heterocycles. The van der Waals surface area contributed by atoms with Gasteiger partial charge in [0.05, 0.1) is 17.6 Å². The molecular formula is C10H12N4. The molecule has 2 aromatic rings. The first kappa shape index (κ1) is 8.90. The molecule has 0 aliphatic rings. The SMILES string of the molecule is Cc1cnn(-c2cccnc2CN)c1. The zero-order chi connectivity index (χ0) is 9.97. The molecule has 0 amide bonds. The fraction of sp³-hybridized carbons (Fsp3) is 0.200. The van der Waals surface area contributed by atoms with Crippen LogP contribution >= 0.6 is 0 Å². The predicted molar refractivity (Wildman–Crippen MR) is 54.0 cm³/mol. The summed E-state index contributed by atoms with van der Waals surface area (Å²) < 4.78 is 1.80. The van der Waals surface area contributed by atoms with Crippen molar-refractivity contribution in [2.24, 2.45) is 5.73 Å². The number of hydrogen-bond donors (Lipinski definition) is 1. The summed E-state index contributed by atoms with van der Waals surface area (Å²) in [6, 6.07) is 3.84. The Kier molecular flexibility index (Phi) is 2.28. The first-order valence-electron chi connectivity index (χ1n) is 4.47. The maximum atomic E-state index is 5.59. The average molecular weight is 188 g/mol. The van der Waals surface area contributed by atoms with Gasteiger partial charge in [-0.25, -0.2) is 4.68 Å². The quantitative estimate of drug-likeness (QED) is 0.766. The van der Waals surface area contributed by atoms with Crippen LogP contribution in [0.25, 0.3) is 5.69 Å². The zero-order valence-corrected chi connectivity index (χ0v) is 8.01. The monoisotopic (exact) mass is 188 g/mol. The summed E-state index contributed by atoms with van der Waals surface area (Å²) in [5, 5.41) is 4.22. The maximum absolute atomic E-state index is 5.59. The van der Waals surface area contributed by atoms with Crippen molar-refractivity contribution in [3.05, 3.63) is 42.0 Å². The van der Waals surface area contributed by atoms with Crippen LogP contribution in [-0.4, -0.2) is 14.8 Å². The highest BCUT2D eigenvalue weighted by molar-refractivity contribution is 5.35. The highest BCUT2D eigenvalue weighted by Gasteiger charge is 2.03. The number of rotatable bonds is 2. The minimum Gasteiger partial charge on any atom is -0.325 e. The second-order valence-electron chi connectivity index (χ2n) is 3.14. The van der Waals surface area contributed by atoms with Gasteiger partial charge in [0.2, 0.25) is 0 Å². The topological polar surface area (TPSA) is 56.7 Å². The Hall–Kier alpha value is -1.68. The Morgan fingerprint density at radius 3 is 3.00 bits per heavy atom. The van der Waals surface area contributed by atoms with Crippen LogP contribution < -0.4 is 5.73 Å². The lowest BCUT2D eigenvalue weighted by molar-refractivity contribution is 0.839. The van der Waals surface area contributed by atoms with Crippen LogP contribution in [0.4, 0.5) is 0 Å². The first-order chi connectivity index (χ1) is 6.81. The van der Waals surface area contributed by atoms with Gasteiger partial charge in [0.1, 0.15) is 0 Å². The predicted octanol–water partition coefficient (Wildman–Crippen LogP) is 1.03. The van der Waals surface area contributed by atoms with Gasteiger partial charge in [-0.1, -0.05) is 0 Å². The summed E-state index contributed by atoms with van der Waals surface area (Å²) in [5.41, 5.74) is 8.52. The van der Waals surface area contributed by atoms with E-state index in [1.807, 2.05) is 31.5 Å². The Morgan fingerprint density at radius 2 is 2.36 bits per heavy atom. The summed E-state index contributed by atoms with van der Waals surface area (Å²) in [6.45, 7) is 2.43. The van der Waals surface area contributed by atoms with Gasteiger partial charge < -0.3 is 5.73 Å². The Morgan fingerprint density at radius 1 is 1.50 bits per heavy atom. The van der Waals surface area contributed by atoms with Gasteiger partial charge in [-0.15, -0.1) is 0 Å². The van der Waals surface area contributed by atoms with Crippen LogP contribution in [0, 0.1) is 6.92 Å². The molecule has 0 saturated heterocycles. The van der Waals surface area contributed by atoms with E-state index in [0.717, 1.165) is 16.9 Å². The highest BCUT2D eigenvalue weighted by Crippen LogP contribution is 2.10. The van der Waals surface area contributed by atoms with E-state index in [0.29, 0.717) is 6.54 Å². The van der Waals surface area contributed by atoms with Gasteiger partial charge >= 0.3 is 0 Å². The summed E-state index contributed by atoms with van der Waals surface area (Å²) in [7, 11) is 0. The van der Waals surface area contributed by atoms with Crippen molar-refractivity contribution in [3.8, 4) is 5.69 Å². The Bertz CT molecular complexity index is 433. The summed E-state index contributed by atoms with van der Waals surface area (Å²) in [4.78, 5) is 4.20. The molecule has 0 aliphatic heterocycles. The summed E-state index contributed by atoms with van der Waals surface area (Å²) in [6.07, 6.45) is 5.51. The van der Waals surface area contributed by atoms with Crippen molar-refractivity contribution in [1.82, 2.24) is 14.8 Å². The van der Waals surface area contributed by atoms with E-state index in [9.17, 15) is 0 Å². The fourth-order valence-corrected chi connectivity index (χ4v) is 1.34. The molecule has 0 aromatic carbocycles. The van der Waals surface area contributed by atoms with Crippen LogP contribution in [0.1, 0.15) is 11.3 Å². The van der Waals surface area contributed by atoms with Gasteiger partial charge in [0.25, 0.3) is 0 Å². The van der Waals surface area contributed by atoms with Crippen molar-refractivity contribution in [1.29, 1.82) is 0 Å². The van der Waals surface area contributed by atoms with Crippen LogP contribution in [0.15, 0.2) is 30.7 Å². The van der Waals surface area contributed by atoms with Crippen molar-refractivity contribution >= 4 is 0 Å². The van der Waals surface area contributed by atoms with Gasteiger partial charge in [0, 0.05) is 18.9 Å². The normalized spacial score (nSPS) is 10.4. The molecule has 0 radical (unpaired) electrons. The lowest BCUT2D eigenvalue weighted by Crippen LogP contribution is -2.06. The minimum absolute atomic E-state index is 0.426. The minimum atomic E-state index is 0.426. The molecule has 0 atom stereocenters. The van der Waals surface area contributed by atoms with Gasteiger partial charge in [-0.2, -0.15) is 5.10 Å². The van der Waals surface area contributed by atoms with Gasteiger partial charge in [0.15, 0.2) is 0 Å². The number of aromatic nitrogens is 3. The lowest BCUT2D eigenvalue weighted by atomic mass is 10.3. The van der Waals surface area contributed by atoms with Crippen molar-refractivity contribution in [3.63, 3.8) is 0 Å². The van der Waals surface area contributed by atoms with E-state index in [1.54, 1.807) is 10.9 Å². The van der Waals surface area contributed by atoms with E-state index in [-0.39, 0.29) is 0 Å². The molecule has 2 aromatic heterocycles. The van der Waals surface area contributed by atoms with Crippen molar-refractivity contribution in [2.45, 2.75) is 13.5 Å². The molecule has 0 aliphatic carbocycles. The molecule has 72 valence electrons. The fourth-order valence-electron chi connectivity index (χ4n) is 1.34. The number of aryl methyl sites for hydroxylation is 1. The maximum Gasteiger partial charge on any atom is 0.0874 e. The zero-order valence-electron chi connectivity index (χ0n) is 8.01. The molecule has 0 spiro atoms. The Labute approximate surface area is 82.4 Å². The average Bonchev–Trinajstić information content (AvgIpc) is 2.65. The third-order valence-corrected chi connectivity index (χ3v) is 2.02. The van der Waals surface area contributed by atoms with Gasteiger partial charge in [-0.05, 0) is 24.6 Å². The third-order valence-electron chi connectivity index (χ3n) is 2.02. The molecular weight excluding hydrogens is 176 g/mol. The largest absolute Gasteiger partial charge is 0.325 e. The van der Waals surface area contributed by atoms with Crippen LogP contribution in [-0.2, 0) is 6.54 Å². The summed E-state index contributed by atoms with van der Waals surface area (Å²) >= 11 is 0. The van der Waals surface area contributed by atoms with Crippen LogP contribution in [0.2, 0.25) is 0 Å². The van der Waals surface area contributed by atoms with Crippen LogP contribution in [0.3, 0.4) is 0 Å². The van der Waals surface area contributed by atoms with E-state index < -0.39 is 0 Å². The number of hydrogen-bond acceptors (Lipinski definition) is 3. The molecule has 0 saturated carbocycles. The van der Waals surface area contributed by atoms with E-state index in [1.165, 1.54) is 0 Å². The van der Waals surface area contributed by atoms with E-state index in [2.05, 4.69) is 10.1 Å². The lowest BCUT2D eigenvalue weighted by Gasteiger charge is -2.05. The summed E-state index contributed by atoms with van der Waals surface area (Å²) in [5.74, 6) is 0. The smallest absolute Gasteiger partial charge is 0.0874 e. The molecule has 2 rings (SSSR count). The second-order valence-corrected chi connectivity index (χ2v) is 3.14. The molecule has 4 heteroatoms. The van der Waals surface area contributed by atoms with Gasteiger partial charge in [-0.3, -0.25) is 4.98 Å². The van der Waals surface area contributed by atoms with E-state index in [4.69, 9.17) is 5.73 Å². The third kappa shape index (κ3) is 1.52. The molecule has 14 heavy (non-hydrogen) atoms. The number of nitrogens with two attached hydrogens (primary N) is 1. The molecule has 0 bridgehead atoms. The first-order valence-corrected chi connectivity index (χ1v) is 4.47.